The van der Waals surface area contributed by atoms with Crippen molar-refractivity contribution in [2.45, 2.75) is 78.6 Å². The van der Waals surface area contributed by atoms with Gasteiger partial charge in [-0.25, -0.2) is 0 Å². The van der Waals surface area contributed by atoms with E-state index < -0.39 is 0 Å². The van der Waals surface area contributed by atoms with Crippen molar-refractivity contribution in [3.05, 3.63) is 168 Å². The minimum absolute atomic E-state index is 0.0303. The van der Waals surface area contributed by atoms with Gasteiger partial charge in [0.1, 0.15) is 5.58 Å². The van der Waals surface area contributed by atoms with Gasteiger partial charge in [-0.15, -0.1) is 0 Å². The van der Waals surface area contributed by atoms with E-state index >= 15 is 0 Å². The molecular formula is C56H52BN3O. The molecule has 0 radical (unpaired) electrons. The summed E-state index contributed by atoms with van der Waals surface area (Å²) in [6.45, 7) is 20.8. The summed E-state index contributed by atoms with van der Waals surface area (Å²) in [5, 5.41) is 3.66. The zero-order chi connectivity index (χ0) is 42.2. The minimum Gasteiger partial charge on any atom is -0.441 e. The molecule has 4 nitrogen and oxygen atoms in total. The Hall–Kier alpha value is -6.46. The van der Waals surface area contributed by atoms with Gasteiger partial charge in [-0.1, -0.05) is 141 Å². The first-order valence-corrected chi connectivity index (χ1v) is 21.8. The van der Waals surface area contributed by atoms with Crippen LogP contribution in [0, 0.1) is 0 Å². The number of hydrogen-bond acceptors (Lipinski definition) is 3. The lowest BCUT2D eigenvalue weighted by Crippen LogP contribution is -2.60. The van der Waals surface area contributed by atoms with Crippen LogP contribution in [-0.4, -0.2) is 11.4 Å². The first kappa shape index (κ1) is 37.5. The summed E-state index contributed by atoms with van der Waals surface area (Å²) in [4.78, 5) is 4.90. The maximum absolute atomic E-state index is 7.11. The quantitative estimate of drug-likeness (QED) is 0.166. The molecule has 300 valence electrons. The molecule has 0 saturated carbocycles. The molecule has 2 aliphatic heterocycles. The van der Waals surface area contributed by atoms with Crippen molar-refractivity contribution in [3.63, 3.8) is 0 Å². The van der Waals surface area contributed by atoms with Crippen molar-refractivity contribution in [2.24, 2.45) is 0 Å². The number of benzene rings is 7. The monoisotopic (exact) mass is 793 g/mol. The van der Waals surface area contributed by atoms with Crippen molar-refractivity contribution in [1.29, 1.82) is 0 Å². The van der Waals surface area contributed by atoms with Crippen molar-refractivity contribution in [1.82, 2.24) is 4.57 Å². The second-order valence-electron chi connectivity index (χ2n) is 20.3. The van der Waals surface area contributed by atoms with E-state index in [-0.39, 0.29) is 23.1 Å². The first-order valence-electron chi connectivity index (χ1n) is 21.8. The highest BCUT2D eigenvalue weighted by molar-refractivity contribution is 6.93. The van der Waals surface area contributed by atoms with Gasteiger partial charge >= 0.3 is 6.85 Å². The standard InChI is InChI=1S/C56H52BN3O/c1-54(2,3)35-24-26-40(27-25-35)60-53-50(42-22-16-17-23-49(42)61-53)45-31-37(56(7,8)9)33-48-51(45)57(60)46-32-36(55(4,5)6)30-44-43-34-41(28-29-47(43)59(48)52(44)46)58(38-18-12-10-13-19-38)39-20-14-11-15-21-39/h10-34H,1-9H3. The van der Waals surface area contributed by atoms with Gasteiger partial charge < -0.3 is 18.7 Å². The van der Waals surface area contributed by atoms with Crippen LogP contribution in [0.5, 0.6) is 0 Å². The number of fused-ring (bicyclic) bond motifs is 9. The summed E-state index contributed by atoms with van der Waals surface area (Å²) in [5.41, 5.74) is 17.9. The van der Waals surface area contributed by atoms with E-state index in [9.17, 15) is 0 Å². The number of para-hydroxylation sites is 3. The summed E-state index contributed by atoms with van der Waals surface area (Å²) in [5.74, 6) is 0.904. The Morgan fingerprint density at radius 3 is 1.75 bits per heavy atom. The largest absolute Gasteiger partial charge is 0.441 e. The molecule has 7 aromatic carbocycles. The van der Waals surface area contributed by atoms with Crippen LogP contribution in [0.1, 0.15) is 79.0 Å². The number of hydrogen-bond donors (Lipinski definition) is 0. The molecule has 5 heteroatoms. The Labute approximate surface area is 360 Å². The Morgan fingerprint density at radius 2 is 1.11 bits per heavy atom. The summed E-state index contributed by atoms with van der Waals surface area (Å²) >= 11 is 0. The molecular weight excluding hydrogens is 741 g/mol. The third-order valence-electron chi connectivity index (χ3n) is 13.2. The topological polar surface area (TPSA) is 24.6 Å². The number of rotatable bonds is 4. The van der Waals surface area contributed by atoms with E-state index in [1.165, 1.54) is 66.2 Å². The molecule has 0 saturated heterocycles. The summed E-state index contributed by atoms with van der Waals surface area (Å²) in [7, 11) is 0. The van der Waals surface area contributed by atoms with E-state index in [4.69, 9.17) is 4.42 Å². The molecule has 0 spiro atoms. The molecule has 0 atom stereocenters. The van der Waals surface area contributed by atoms with Crippen LogP contribution >= 0.6 is 0 Å². The van der Waals surface area contributed by atoms with Crippen LogP contribution < -0.4 is 20.6 Å². The Bertz CT molecular complexity index is 3150. The first-order chi connectivity index (χ1) is 29.2. The van der Waals surface area contributed by atoms with Gasteiger partial charge in [0.05, 0.1) is 16.6 Å². The molecule has 0 aliphatic carbocycles. The normalized spacial score (nSPS) is 13.6. The predicted octanol–water partition coefficient (Wildman–Crippen LogP) is 14.1. The lowest BCUT2D eigenvalue weighted by molar-refractivity contribution is 0.589. The second kappa shape index (κ2) is 13.0. The van der Waals surface area contributed by atoms with E-state index in [0.717, 1.165) is 39.6 Å². The molecule has 0 fully saturated rings. The fourth-order valence-electron chi connectivity index (χ4n) is 9.94. The summed E-state index contributed by atoms with van der Waals surface area (Å²) in [6, 6.07) is 56.4. The third kappa shape index (κ3) is 5.73. The second-order valence-corrected chi connectivity index (χ2v) is 20.3. The Morgan fingerprint density at radius 1 is 0.508 bits per heavy atom. The molecule has 0 N–H and O–H groups in total. The number of furan rings is 1. The summed E-state index contributed by atoms with van der Waals surface area (Å²) < 4.78 is 9.71. The Kier molecular flexibility index (Phi) is 8.01. The zero-order valence-electron chi connectivity index (χ0n) is 36.8. The smallest absolute Gasteiger partial charge is 0.336 e. The minimum atomic E-state index is -0.140. The molecule has 0 bridgehead atoms. The van der Waals surface area contributed by atoms with Crippen LogP contribution in [0.3, 0.4) is 0 Å². The number of aromatic nitrogens is 1. The molecule has 0 unspecified atom stereocenters. The molecule has 9 aromatic rings. The van der Waals surface area contributed by atoms with Crippen LogP contribution in [0.25, 0.3) is 49.6 Å². The van der Waals surface area contributed by atoms with Gasteiger partial charge in [-0.05, 0) is 122 Å². The molecule has 61 heavy (non-hydrogen) atoms. The van der Waals surface area contributed by atoms with E-state index in [1.54, 1.807) is 0 Å². The van der Waals surface area contributed by atoms with Gasteiger partial charge in [-0.2, -0.15) is 0 Å². The van der Waals surface area contributed by atoms with Crippen molar-refractivity contribution >= 4 is 79.2 Å². The van der Waals surface area contributed by atoms with Gasteiger partial charge in [0.2, 0.25) is 0 Å². The van der Waals surface area contributed by atoms with Gasteiger partial charge in [0.15, 0.2) is 5.88 Å². The lowest BCUT2D eigenvalue weighted by Gasteiger charge is -2.41. The maximum atomic E-state index is 7.11. The highest BCUT2D eigenvalue weighted by Gasteiger charge is 2.47. The molecule has 11 rings (SSSR count). The highest BCUT2D eigenvalue weighted by Crippen LogP contribution is 2.50. The molecule has 2 aliphatic rings. The van der Waals surface area contributed by atoms with Gasteiger partial charge in [-0.3, -0.25) is 0 Å². The van der Waals surface area contributed by atoms with Crippen LogP contribution in [-0.2, 0) is 16.2 Å². The SMILES string of the molecule is CC(C)(C)c1ccc(N2B3c4c(cc(C(C)(C)C)cc4-n4c5ccc(N(c6ccccc6)c6ccccc6)cc5c5cc(C(C)(C)C)cc3c54)-c3c2oc2ccccc32)cc1. The average molecular weight is 794 g/mol. The molecule has 2 aromatic heterocycles. The van der Waals surface area contributed by atoms with E-state index in [1.807, 2.05) is 0 Å². The highest BCUT2D eigenvalue weighted by atomic mass is 16.4. The van der Waals surface area contributed by atoms with Gasteiger partial charge in [0.25, 0.3) is 0 Å². The van der Waals surface area contributed by atoms with Crippen molar-refractivity contribution < 1.29 is 4.42 Å². The average Bonchev–Trinajstić information content (AvgIpc) is 3.79. The van der Waals surface area contributed by atoms with E-state index in [0.29, 0.717) is 0 Å². The van der Waals surface area contributed by atoms with Crippen LogP contribution in [0.15, 0.2) is 156 Å². The van der Waals surface area contributed by atoms with Crippen molar-refractivity contribution in [2.75, 3.05) is 9.71 Å². The summed E-state index contributed by atoms with van der Waals surface area (Å²) in [6.07, 6.45) is 0. The van der Waals surface area contributed by atoms with Crippen molar-refractivity contribution in [3.8, 4) is 16.8 Å². The molecule has 0 amide bonds. The molecule has 4 heterocycles. The van der Waals surface area contributed by atoms with Crippen LogP contribution in [0.4, 0.5) is 28.6 Å². The number of anilines is 5. The zero-order valence-corrected chi connectivity index (χ0v) is 36.8. The van der Waals surface area contributed by atoms with Crippen LogP contribution in [0.2, 0.25) is 0 Å². The third-order valence-corrected chi connectivity index (χ3v) is 13.2. The predicted molar refractivity (Wildman–Crippen MR) is 260 cm³/mol. The maximum Gasteiger partial charge on any atom is 0.336 e. The Balaban J connectivity index is 1.28. The fraction of sp³-hybridized carbons (Fsp3) is 0.214. The number of nitrogens with zero attached hydrogens (tertiary/aromatic N) is 3. The lowest BCUT2D eigenvalue weighted by atomic mass is 9.44. The van der Waals surface area contributed by atoms with Gasteiger partial charge in [0, 0.05) is 44.6 Å². The fourth-order valence-corrected chi connectivity index (χ4v) is 9.94. The van der Waals surface area contributed by atoms with E-state index in [2.05, 4.69) is 228 Å².